The Kier molecular flexibility index (Phi) is 4.14. The molecule has 0 aromatic heterocycles. The number of halogens is 2. The molecule has 0 bridgehead atoms. The maximum Gasteiger partial charge on any atom is 0.151 e. The minimum absolute atomic E-state index is 0. The van der Waals surface area contributed by atoms with E-state index < -0.39 is 0 Å². The lowest BCUT2D eigenvalue weighted by atomic mass is 9.92. The Morgan fingerprint density at radius 3 is 2.93 bits per heavy atom. The minimum Gasteiger partial charge on any atom is -0.303 e. The van der Waals surface area contributed by atoms with E-state index in [2.05, 4.69) is 5.32 Å². The van der Waals surface area contributed by atoms with E-state index in [1.54, 1.807) is 6.92 Å². The van der Waals surface area contributed by atoms with E-state index in [4.69, 9.17) is 11.6 Å². The van der Waals surface area contributed by atoms with Crippen molar-refractivity contribution in [3.05, 3.63) is 34.3 Å². The normalized spacial score (nSPS) is 18.9. The third-order valence-corrected chi connectivity index (χ3v) is 2.95. The molecule has 0 saturated heterocycles. The van der Waals surface area contributed by atoms with Crippen molar-refractivity contribution in [2.45, 2.75) is 19.4 Å². The number of Topliss-reactive ketones (excluding diaryl/α,β-unsaturated/α-hetero) is 1. The summed E-state index contributed by atoms with van der Waals surface area (Å²) >= 11 is 6.07. The van der Waals surface area contributed by atoms with Crippen LogP contribution in [-0.2, 0) is 11.2 Å². The van der Waals surface area contributed by atoms with Gasteiger partial charge >= 0.3 is 0 Å². The van der Waals surface area contributed by atoms with Crippen LogP contribution < -0.4 is 5.32 Å². The minimum atomic E-state index is -0.169. The summed E-state index contributed by atoms with van der Waals surface area (Å²) in [5.41, 5.74) is 2.16. The molecule has 0 amide bonds. The molecule has 1 unspecified atom stereocenters. The summed E-state index contributed by atoms with van der Waals surface area (Å²) in [7, 11) is 0. The second kappa shape index (κ2) is 4.97. The van der Waals surface area contributed by atoms with Crippen molar-refractivity contribution >= 4 is 29.8 Å². The molecule has 0 fully saturated rings. The topological polar surface area (TPSA) is 29.1 Å². The molecule has 0 aliphatic carbocycles. The molecule has 1 aromatic rings. The van der Waals surface area contributed by atoms with E-state index in [1.165, 1.54) is 0 Å². The molecule has 0 saturated carbocycles. The molecule has 15 heavy (non-hydrogen) atoms. The molecule has 1 heterocycles. The highest BCUT2D eigenvalue weighted by atomic mass is 35.5. The van der Waals surface area contributed by atoms with Gasteiger partial charge in [0, 0.05) is 11.6 Å². The lowest BCUT2D eigenvalue weighted by Gasteiger charge is -2.25. The van der Waals surface area contributed by atoms with E-state index >= 15 is 0 Å². The van der Waals surface area contributed by atoms with Crippen LogP contribution in [0.25, 0.3) is 0 Å². The SMILES string of the molecule is CC(=O)C1NCCc2c(Cl)cccc21.Cl. The van der Waals surface area contributed by atoms with E-state index in [9.17, 15) is 4.79 Å². The maximum atomic E-state index is 11.4. The van der Waals surface area contributed by atoms with Crippen LogP contribution in [-0.4, -0.2) is 12.3 Å². The standard InChI is InChI=1S/C11H12ClNO.ClH/c1-7(14)11-9-3-2-4-10(12)8(9)5-6-13-11;/h2-4,11,13H,5-6H2,1H3;1H. The van der Waals surface area contributed by atoms with E-state index in [1.807, 2.05) is 18.2 Å². The van der Waals surface area contributed by atoms with Gasteiger partial charge < -0.3 is 5.32 Å². The van der Waals surface area contributed by atoms with Crippen LogP contribution in [0, 0.1) is 0 Å². The molecule has 2 rings (SSSR count). The van der Waals surface area contributed by atoms with Gasteiger partial charge in [-0.3, -0.25) is 4.79 Å². The monoisotopic (exact) mass is 245 g/mol. The molecule has 1 N–H and O–H groups in total. The summed E-state index contributed by atoms with van der Waals surface area (Å²) in [4.78, 5) is 11.4. The number of ketones is 1. The maximum absolute atomic E-state index is 11.4. The van der Waals surface area contributed by atoms with Crippen molar-refractivity contribution < 1.29 is 4.79 Å². The fourth-order valence-electron chi connectivity index (χ4n) is 1.92. The predicted molar refractivity (Wildman–Crippen MR) is 63.8 cm³/mol. The number of hydrogen-bond acceptors (Lipinski definition) is 2. The molecule has 2 nitrogen and oxygen atoms in total. The summed E-state index contributed by atoms with van der Waals surface area (Å²) in [6.07, 6.45) is 0.902. The summed E-state index contributed by atoms with van der Waals surface area (Å²) in [6.45, 7) is 2.43. The second-order valence-corrected chi connectivity index (χ2v) is 3.96. The first-order chi connectivity index (χ1) is 6.70. The molecule has 82 valence electrons. The molecule has 1 atom stereocenters. The van der Waals surface area contributed by atoms with Crippen molar-refractivity contribution in [3.8, 4) is 0 Å². The number of benzene rings is 1. The number of rotatable bonds is 1. The van der Waals surface area contributed by atoms with Crippen LogP contribution in [0.2, 0.25) is 5.02 Å². The molecular weight excluding hydrogens is 233 g/mol. The lowest BCUT2D eigenvalue weighted by molar-refractivity contribution is -0.119. The zero-order valence-corrected chi connectivity index (χ0v) is 9.99. The van der Waals surface area contributed by atoms with Gasteiger partial charge in [-0.1, -0.05) is 23.7 Å². The van der Waals surface area contributed by atoms with E-state index in [-0.39, 0.29) is 24.2 Å². The number of fused-ring (bicyclic) bond motifs is 1. The zero-order chi connectivity index (χ0) is 10.1. The summed E-state index contributed by atoms with van der Waals surface area (Å²) in [5.74, 6) is 0.146. The van der Waals surface area contributed by atoms with Gasteiger partial charge in [0.2, 0.25) is 0 Å². The first-order valence-corrected chi connectivity index (χ1v) is 5.09. The summed E-state index contributed by atoms with van der Waals surface area (Å²) in [5, 5.41) is 3.97. The van der Waals surface area contributed by atoms with Crippen LogP contribution in [0.1, 0.15) is 24.1 Å². The highest BCUT2D eigenvalue weighted by Gasteiger charge is 2.24. The first kappa shape index (κ1) is 12.5. The number of nitrogens with one attached hydrogen (secondary N) is 1. The van der Waals surface area contributed by atoms with E-state index in [0.717, 1.165) is 29.1 Å². The molecule has 1 aliphatic heterocycles. The Morgan fingerprint density at radius 1 is 1.53 bits per heavy atom. The third kappa shape index (κ3) is 2.33. The Labute approximate surface area is 100 Å². The van der Waals surface area contributed by atoms with Crippen LogP contribution in [0.4, 0.5) is 0 Å². The fraction of sp³-hybridized carbons (Fsp3) is 0.364. The quantitative estimate of drug-likeness (QED) is 0.824. The molecule has 1 aromatic carbocycles. The highest BCUT2D eigenvalue weighted by Crippen LogP contribution is 2.28. The van der Waals surface area contributed by atoms with Gasteiger partial charge in [0.05, 0.1) is 6.04 Å². The van der Waals surface area contributed by atoms with Crippen LogP contribution >= 0.6 is 24.0 Å². The summed E-state index contributed by atoms with van der Waals surface area (Å²) in [6, 6.07) is 5.57. The van der Waals surface area contributed by atoms with Gasteiger partial charge in [-0.25, -0.2) is 0 Å². The van der Waals surface area contributed by atoms with Crippen LogP contribution in [0.15, 0.2) is 18.2 Å². The first-order valence-electron chi connectivity index (χ1n) is 4.71. The number of carbonyl (C=O) groups excluding carboxylic acids is 1. The average Bonchev–Trinajstić information content (AvgIpc) is 2.17. The number of hydrogen-bond donors (Lipinski definition) is 1. The van der Waals surface area contributed by atoms with Crippen molar-refractivity contribution in [1.82, 2.24) is 5.32 Å². The van der Waals surface area contributed by atoms with Gasteiger partial charge in [0.25, 0.3) is 0 Å². The molecule has 4 heteroatoms. The lowest BCUT2D eigenvalue weighted by Crippen LogP contribution is -2.34. The van der Waals surface area contributed by atoms with Gasteiger partial charge in [-0.05, 0) is 30.5 Å². The highest BCUT2D eigenvalue weighted by molar-refractivity contribution is 6.31. The van der Waals surface area contributed by atoms with Gasteiger partial charge in [0.1, 0.15) is 0 Å². The largest absolute Gasteiger partial charge is 0.303 e. The van der Waals surface area contributed by atoms with Gasteiger partial charge in [-0.15, -0.1) is 12.4 Å². The van der Waals surface area contributed by atoms with Gasteiger partial charge in [-0.2, -0.15) is 0 Å². The Balaban J connectivity index is 0.00000112. The molecule has 0 spiro atoms. The van der Waals surface area contributed by atoms with Crippen molar-refractivity contribution in [3.63, 3.8) is 0 Å². The third-order valence-electron chi connectivity index (χ3n) is 2.60. The predicted octanol–water partition coefficient (Wildman–Crippen LogP) is 2.54. The average molecular weight is 246 g/mol. The van der Waals surface area contributed by atoms with Crippen molar-refractivity contribution in [2.24, 2.45) is 0 Å². The Morgan fingerprint density at radius 2 is 2.27 bits per heavy atom. The summed E-state index contributed by atoms with van der Waals surface area (Å²) < 4.78 is 0. The van der Waals surface area contributed by atoms with Crippen LogP contribution in [0.5, 0.6) is 0 Å². The van der Waals surface area contributed by atoms with Crippen molar-refractivity contribution in [2.75, 3.05) is 6.54 Å². The Bertz CT molecular complexity index is 379. The smallest absolute Gasteiger partial charge is 0.151 e. The van der Waals surface area contributed by atoms with Crippen LogP contribution in [0.3, 0.4) is 0 Å². The molecule has 0 radical (unpaired) electrons. The fourth-order valence-corrected chi connectivity index (χ4v) is 2.20. The zero-order valence-electron chi connectivity index (χ0n) is 8.42. The van der Waals surface area contributed by atoms with Gasteiger partial charge in [0.15, 0.2) is 5.78 Å². The Hall–Kier alpha value is -0.570. The van der Waals surface area contributed by atoms with Crippen molar-refractivity contribution in [1.29, 1.82) is 0 Å². The molecule has 1 aliphatic rings. The second-order valence-electron chi connectivity index (χ2n) is 3.56. The van der Waals surface area contributed by atoms with E-state index in [0.29, 0.717) is 0 Å². The molecular formula is C11H13Cl2NO. The number of carbonyl (C=O) groups is 1.